The number of para-hydroxylation sites is 1. The number of ketones is 1. The summed E-state index contributed by atoms with van der Waals surface area (Å²) in [7, 11) is 0. The van der Waals surface area contributed by atoms with E-state index in [4.69, 9.17) is 5.11 Å². The summed E-state index contributed by atoms with van der Waals surface area (Å²) < 4.78 is 1.23. The average molecular weight is 517 g/mol. The van der Waals surface area contributed by atoms with E-state index in [1.165, 1.54) is 30.2 Å². The Morgan fingerprint density at radius 1 is 1.25 bits per heavy atom. The SMILES string of the molecule is CC(=O)/C=C(/C)O.Cc1cc[c-]c(-c2nc3ccccc3s2)c1.[Ir]. The van der Waals surface area contributed by atoms with Crippen molar-refractivity contribution in [2.24, 2.45) is 0 Å². The molecule has 0 aliphatic heterocycles. The maximum atomic E-state index is 10.0. The molecule has 127 valence electrons. The Morgan fingerprint density at radius 3 is 2.50 bits per heavy atom. The van der Waals surface area contributed by atoms with Crippen LogP contribution in [-0.4, -0.2) is 15.9 Å². The Morgan fingerprint density at radius 2 is 1.96 bits per heavy atom. The van der Waals surface area contributed by atoms with Crippen molar-refractivity contribution < 1.29 is 30.0 Å². The van der Waals surface area contributed by atoms with Crippen LogP contribution in [0.25, 0.3) is 20.8 Å². The fraction of sp³-hybridized carbons (Fsp3) is 0.158. The molecular formula is C19H18IrNO2S-. The Hall–Kier alpha value is -1.81. The first kappa shape index (κ1) is 20.2. The molecule has 24 heavy (non-hydrogen) atoms. The van der Waals surface area contributed by atoms with Gasteiger partial charge >= 0.3 is 0 Å². The van der Waals surface area contributed by atoms with Gasteiger partial charge in [0.05, 0.1) is 11.3 Å². The number of hydrogen-bond acceptors (Lipinski definition) is 4. The van der Waals surface area contributed by atoms with E-state index in [0.717, 1.165) is 16.1 Å². The topological polar surface area (TPSA) is 50.2 Å². The summed E-state index contributed by atoms with van der Waals surface area (Å²) in [5.41, 5.74) is 3.40. The quantitative estimate of drug-likeness (QED) is 0.293. The van der Waals surface area contributed by atoms with Crippen LogP contribution < -0.4 is 0 Å². The molecule has 0 spiro atoms. The third kappa shape index (κ3) is 6.00. The number of nitrogens with zero attached hydrogens (tertiary/aromatic N) is 1. The van der Waals surface area contributed by atoms with E-state index in [9.17, 15) is 4.79 Å². The van der Waals surface area contributed by atoms with Gasteiger partial charge in [0.15, 0.2) is 5.78 Å². The first-order chi connectivity index (χ1) is 11.0. The van der Waals surface area contributed by atoms with Crippen molar-refractivity contribution >= 4 is 27.3 Å². The van der Waals surface area contributed by atoms with E-state index in [-0.39, 0.29) is 31.6 Å². The molecule has 2 aromatic carbocycles. The zero-order chi connectivity index (χ0) is 16.8. The number of allylic oxidation sites excluding steroid dienone is 2. The van der Waals surface area contributed by atoms with Crippen LogP contribution in [0.15, 0.2) is 54.3 Å². The van der Waals surface area contributed by atoms with Crippen molar-refractivity contribution in [1.82, 2.24) is 4.98 Å². The van der Waals surface area contributed by atoms with E-state index in [1.807, 2.05) is 24.3 Å². The molecule has 0 atom stereocenters. The molecule has 0 aliphatic rings. The molecule has 0 saturated heterocycles. The molecule has 0 saturated carbocycles. The predicted molar refractivity (Wildman–Crippen MR) is 95.7 cm³/mol. The third-order valence-electron chi connectivity index (χ3n) is 2.89. The monoisotopic (exact) mass is 517 g/mol. The summed E-state index contributed by atoms with van der Waals surface area (Å²) in [5.74, 6) is -0.0625. The maximum Gasteiger partial charge on any atom is 0.155 e. The fourth-order valence-electron chi connectivity index (χ4n) is 1.99. The van der Waals surface area contributed by atoms with Gasteiger partial charge in [-0.2, -0.15) is 11.3 Å². The molecule has 0 unspecified atom stereocenters. The minimum Gasteiger partial charge on any atom is -0.512 e. The molecule has 0 amide bonds. The first-order valence-electron chi connectivity index (χ1n) is 7.18. The molecule has 0 aliphatic carbocycles. The number of thiazole rings is 1. The van der Waals surface area contributed by atoms with Gasteiger partial charge in [0.2, 0.25) is 0 Å². The van der Waals surface area contributed by atoms with Gasteiger partial charge in [-0.05, 0) is 26.0 Å². The number of rotatable bonds is 2. The number of hydrogen-bond donors (Lipinski definition) is 1. The summed E-state index contributed by atoms with van der Waals surface area (Å²) in [5, 5.41) is 9.41. The van der Waals surface area contributed by atoms with E-state index in [2.05, 4.69) is 36.2 Å². The minimum atomic E-state index is -0.125. The standard InChI is InChI=1S/C14H10NS.C5H8O2.Ir/c1-10-5-4-6-11(9-10)14-15-12-7-2-3-8-13(12)16-14;1-4(6)3-5(2)7;/h2-5,7-9H,1H3;3,6H,1-2H3;/q-1;;/b;4-3-;. The van der Waals surface area contributed by atoms with Crippen molar-refractivity contribution in [2.45, 2.75) is 20.8 Å². The smallest absolute Gasteiger partial charge is 0.155 e. The van der Waals surface area contributed by atoms with Gasteiger partial charge in [-0.15, -0.1) is 35.4 Å². The van der Waals surface area contributed by atoms with E-state index in [1.54, 1.807) is 11.3 Å². The van der Waals surface area contributed by atoms with Gasteiger partial charge in [0.25, 0.3) is 0 Å². The van der Waals surface area contributed by atoms with Crippen molar-refractivity contribution in [3.8, 4) is 10.6 Å². The number of aromatic nitrogens is 1. The molecule has 1 heterocycles. The summed E-state index contributed by atoms with van der Waals surface area (Å²) in [6.45, 7) is 4.94. The van der Waals surface area contributed by atoms with Gasteiger partial charge in [-0.25, -0.2) is 0 Å². The molecule has 0 bridgehead atoms. The summed E-state index contributed by atoms with van der Waals surface area (Å²) in [4.78, 5) is 14.6. The van der Waals surface area contributed by atoms with Gasteiger partial charge in [-0.3, -0.25) is 9.78 Å². The van der Waals surface area contributed by atoms with E-state index >= 15 is 0 Å². The number of fused-ring (bicyclic) bond motifs is 1. The number of aliphatic hydroxyl groups is 1. The molecule has 0 fully saturated rings. The van der Waals surface area contributed by atoms with Crippen molar-refractivity contribution in [3.63, 3.8) is 0 Å². The van der Waals surface area contributed by atoms with Crippen molar-refractivity contribution in [1.29, 1.82) is 0 Å². The molecule has 1 aromatic heterocycles. The Balaban J connectivity index is 0.000000312. The Bertz CT molecular complexity index is 818. The van der Waals surface area contributed by atoms with Crippen LogP contribution >= 0.6 is 11.3 Å². The summed E-state index contributed by atoms with van der Waals surface area (Å²) in [6.07, 6.45) is 1.17. The van der Waals surface area contributed by atoms with Crippen LogP contribution in [-0.2, 0) is 24.9 Å². The number of carbonyl (C=O) groups is 1. The van der Waals surface area contributed by atoms with E-state index in [0.29, 0.717) is 0 Å². The summed E-state index contributed by atoms with van der Waals surface area (Å²) in [6, 6.07) is 17.6. The molecule has 5 heteroatoms. The number of benzene rings is 2. The Labute approximate surface area is 159 Å². The number of carbonyl (C=O) groups excluding carboxylic acids is 1. The van der Waals surface area contributed by atoms with Crippen molar-refractivity contribution in [2.75, 3.05) is 0 Å². The van der Waals surface area contributed by atoms with Crippen LogP contribution in [0.1, 0.15) is 19.4 Å². The average Bonchev–Trinajstić information content (AvgIpc) is 2.90. The van der Waals surface area contributed by atoms with Gasteiger partial charge in [0.1, 0.15) is 0 Å². The van der Waals surface area contributed by atoms with Gasteiger partial charge in [0, 0.05) is 35.9 Å². The van der Waals surface area contributed by atoms with Gasteiger partial charge in [-0.1, -0.05) is 19.1 Å². The molecule has 1 radical (unpaired) electrons. The molecule has 3 aromatic rings. The zero-order valence-corrected chi connectivity index (χ0v) is 16.9. The second-order valence-corrected chi connectivity index (χ2v) is 6.19. The first-order valence-corrected chi connectivity index (χ1v) is 7.99. The van der Waals surface area contributed by atoms with Gasteiger partial charge < -0.3 is 5.11 Å². The fourth-order valence-corrected chi connectivity index (χ4v) is 2.93. The van der Waals surface area contributed by atoms with Crippen LogP contribution in [0.4, 0.5) is 0 Å². The van der Waals surface area contributed by atoms with Crippen LogP contribution in [0, 0.1) is 13.0 Å². The van der Waals surface area contributed by atoms with Crippen LogP contribution in [0.3, 0.4) is 0 Å². The number of aryl methyl sites for hydroxylation is 1. The maximum absolute atomic E-state index is 10.0. The number of aliphatic hydroxyl groups excluding tert-OH is 1. The molecular weight excluding hydrogens is 498 g/mol. The zero-order valence-electron chi connectivity index (χ0n) is 13.7. The second-order valence-electron chi connectivity index (χ2n) is 5.16. The molecule has 3 nitrogen and oxygen atoms in total. The largest absolute Gasteiger partial charge is 0.512 e. The molecule has 1 N–H and O–H groups in total. The van der Waals surface area contributed by atoms with E-state index < -0.39 is 0 Å². The Kier molecular flexibility index (Phi) is 7.99. The molecule has 3 rings (SSSR count). The predicted octanol–water partition coefficient (Wildman–Crippen LogP) is 5.11. The van der Waals surface area contributed by atoms with Crippen molar-refractivity contribution in [3.05, 3.63) is 65.9 Å². The van der Waals surface area contributed by atoms with Crippen LogP contribution in [0.5, 0.6) is 0 Å². The summed E-state index contributed by atoms with van der Waals surface area (Å²) >= 11 is 1.72. The second kappa shape index (κ2) is 9.48. The van der Waals surface area contributed by atoms with Crippen LogP contribution in [0.2, 0.25) is 0 Å². The third-order valence-corrected chi connectivity index (χ3v) is 3.96. The minimum absolute atomic E-state index is 0. The normalized spacial score (nSPS) is 10.5.